The minimum atomic E-state index is -0.0153. The number of hydrogen-bond donors (Lipinski definition) is 0. The van der Waals surface area contributed by atoms with E-state index in [-0.39, 0.29) is 5.43 Å². The molecule has 0 N–H and O–H groups in total. The van der Waals surface area contributed by atoms with Gasteiger partial charge in [-0.25, -0.2) is 4.98 Å². The van der Waals surface area contributed by atoms with Crippen LogP contribution < -0.4 is 10.2 Å². The number of thioether (sulfide) groups is 1. The van der Waals surface area contributed by atoms with Crippen LogP contribution in [0.2, 0.25) is 5.02 Å². The highest BCUT2D eigenvalue weighted by molar-refractivity contribution is 7.99. The van der Waals surface area contributed by atoms with Gasteiger partial charge in [0.1, 0.15) is 18.0 Å². The maximum atomic E-state index is 13.4. The van der Waals surface area contributed by atoms with Crippen molar-refractivity contribution in [1.29, 1.82) is 0 Å². The zero-order chi connectivity index (χ0) is 20.5. The van der Waals surface area contributed by atoms with Crippen LogP contribution in [0.3, 0.4) is 0 Å². The molecule has 0 bridgehead atoms. The minimum Gasteiger partial charge on any atom is -0.489 e. The van der Waals surface area contributed by atoms with Gasteiger partial charge in [0.25, 0.3) is 0 Å². The molecule has 4 nitrogen and oxygen atoms in total. The minimum absolute atomic E-state index is 0.0153. The Morgan fingerprint density at radius 3 is 2.63 bits per heavy atom. The summed E-state index contributed by atoms with van der Waals surface area (Å²) in [7, 11) is 0. The quantitative estimate of drug-likeness (QED) is 0.420. The van der Waals surface area contributed by atoms with Gasteiger partial charge in [-0.3, -0.25) is 9.36 Å². The molecule has 0 saturated heterocycles. The second-order valence-corrected chi connectivity index (χ2v) is 8.28. The maximum absolute atomic E-state index is 13.4. The maximum Gasteiger partial charge on any atom is 0.199 e. The third-order valence-corrected chi connectivity index (χ3v) is 6.23. The molecule has 148 valence electrons. The van der Waals surface area contributed by atoms with Gasteiger partial charge >= 0.3 is 0 Å². The number of pyridine rings is 2. The van der Waals surface area contributed by atoms with Crippen LogP contribution in [-0.4, -0.2) is 21.9 Å². The zero-order valence-electron chi connectivity index (χ0n) is 15.9. The van der Waals surface area contributed by atoms with Gasteiger partial charge in [-0.05, 0) is 54.1 Å². The smallest absolute Gasteiger partial charge is 0.199 e. The standard InChI is InChI=1S/C24H17ClN2O2S/c25-17-8-10-19(11-9-17)29-15-16-12-14-30-24-21(16)22(28)20-7-4-13-26-23(20)27(24)18-5-2-1-3-6-18/h1-13H,14-15H2. The Bertz CT molecular complexity index is 1320. The lowest BCUT2D eigenvalue weighted by Gasteiger charge is -2.23. The van der Waals surface area contributed by atoms with Crippen molar-refractivity contribution in [2.75, 3.05) is 12.4 Å². The number of halogens is 1. The highest BCUT2D eigenvalue weighted by Crippen LogP contribution is 2.35. The number of hydrogen-bond acceptors (Lipinski definition) is 4. The number of para-hydroxylation sites is 1. The molecule has 5 rings (SSSR count). The summed E-state index contributed by atoms with van der Waals surface area (Å²) in [5.41, 5.74) is 3.20. The number of aromatic nitrogens is 2. The SMILES string of the molecule is O=c1c2c(n(-c3ccccc3)c3ncccc13)SCC=C2COc1ccc(Cl)cc1. The summed E-state index contributed by atoms with van der Waals surface area (Å²) in [6, 6.07) is 20.9. The lowest BCUT2D eigenvalue weighted by Crippen LogP contribution is -2.21. The van der Waals surface area contributed by atoms with Crippen molar-refractivity contribution in [2.45, 2.75) is 5.03 Å². The first-order valence-electron chi connectivity index (χ1n) is 9.52. The van der Waals surface area contributed by atoms with Gasteiger partial charge in [-0.15, -0.1) is 11.8 Å². The summed E-state index contributed by atoms with van der Waals surface area (Å²) >= 11 is 7.60. The van der Waals surface area contributed by atoms with Gasteiger partial charge in [0.2, 0.25) is 0 Å². The van der Waals surface area contributed by atoms with Gasteiger partial charge in [0.15, 0.2) is 5.43 Å². The lowest BCUT2D eigenvalue weighted by atomic mass is 10.0. The molecule has 0 fully saturated rings. The molecule has 6 heteroatoms. The predicted octanol–water partition coefficient (Wildman–Crippen LogP) is 5.61. The fourth-order valence-electron chi connectivity index (χ4n) is 3.57. The Morgan fingerprint density at radius 2 is 1.83 bits per heavy atom. The molecule has 0 atom stereocenters. The Balaban J connectivity index is 1.65. The largest absolute Gasteiger partial charge is 0.489 e. The van der Waals surface area contributed by atoms with Gasteiger partial charge in [-0.1, -0.05) is 35.9 Å². The molecule has 2 aromatic carbocycles. The molecule has 0 radical (unpaired) electrons. The van der Waals surface area contributed by atoms with Crippen LogP contribution in [0.4, 0.5) is 0 Å². The number of rotatable bonds is 4. The highest BCUT2D eigenvalue weighted by atomic mass is 35.5. The van der Waals surface area contributed by atoms with Crippen LogP contribution in [0, 0.1) is 0 Å². The summed E-state index contributed by atoms with van der Waals surface area (Å²) in [5, 5.41) is 2.15. The van der Waals surface area contributed by atoms with E-state index in [2.05, 4.69) is 15.6 Å². The molecule has 1 aliphatic heterocycles. The van der Waals surface area contributed by atoms with Crippen LogP contribution in [0.1, 0.15) is 5.56 Å². The number of nitrogens with zero attached hydrogens (tertiary/aromatic N) is 2. The van der Waals surface area contributed by atoms with Crippen molar-refractivity contribution < 1.29 is 4.74 Å². The van der Waals surface area contributed by atoms with E-state index in [1.54, 1.807) is 36.2 Å². The summed E-state index contributed by atoms with van der Waals surface area (Å²) in [5.74, 6) is 1.47. The average Bonchev–Trinajstić information content (AvgIpc) is 2.79. The van der Waals surface area contributed by atoms with Crippen molar-refractivity contribution in [3.05, 3.63) is 99.8 Å². The van der Waals surface area contributed by atoms with Crippen LogP contribution in [-0.2, 0) is 0 Å². The monoisotopic (exact) mass is 432 g/mol. The average molecular weight is 433 g/mol. The third-order valence-electron chi connectivity index (χ3n) is 4.98. The molecule has 0 saturated carbocycles. The normalized spacial score (nSPS) is 13.0. The van der Waals surface area contributed by atoms with Crippen LogP contribution in [0.25, 0.3) is 22.3 Å². The summed E-state index contributed by atoms with van der Waals surface area (Å²) in [6.45, 7) is 0.311. The molecular weight excluding hydrogens is 416 g/mol. The summed E-state index contributed by atoms with van der Waals surface area (Å²) in [6.07, 6.45) is 3.79. The van der Waals surface area contributed by atoms with E-state index in [1.807, 2.05) is 48.5 Å². The number of benzene rings is 2. The number of ether oxygens (including phenoxy) is 1. The second-order valence-electron chi connectivity index (χ2n) is 6.84. The topological polar surface area (TPSA) is 44.1 Å². The lowest BCUT2D eigenvalue weighted by molar-refractivity contribution is 0.369. The molecule has 1 aliphatic rings. The number of fused-ring (bicyclic) bond motifs is 2. The molecule has 30 heavy (non-hydrogen) atoms. The van der Waals surface area contributed by atoms with E-state index in [9.17, 15) is 4.79 Å². The van der Waals surface area contributed by atoms with E-state index in [4.69, 9.17) is 16.3 Å². The van der Waals surface area contributed by atoms with E-state index >= 15 is 0 Å². The first-order valence-corrected chi connectivity index (χ1v) is 10.9. The van der Waals surface area contributed by atoms with Gasteiger partial charge in [0, 0.05) is 22.7 Å². The fraction of sp³-hybridized carbons (Fsp3) is 0.0833. The van der Waals surface area contributed by atoms with Crippen molar-refractivity contribution in [3.63, 3.8) is 0 Å². The Morgan fingerprint density at radius 1 is 1.03 bits per heavy atom. The second kappa shape index (κ2) is 8.01. The Labute approximate surface area is 182 Å². The van der Waals surface area contributed by atoms with Gasteiger partial charge in [-0.2, -0.15) is 0 Å². The Hall–Kier alpha value is -3.02. The van der Waals surface area contributed by atoms with E-state index in [0.29, 0.717) is 34.0 Å². The summed E-state index contributed by atoms with van der Waals surface area (Å²) < 4.78 is 8.05. The van der Waals surface area contributed by atoms with Crippen molar-refractivity contribution in [1.82, 2.24) is 9.55 Å². The van der Waals surface area contributed by atoms with Gasteiger partial charge < -0.3 is 4.74 Å². The van der Waals surface area contributed by atoms with Crippen LogP contribution in [0.15, 0.2) is 88.8 Å². The van der Waals surface area contributed by atoms with Crippen LogP contribution in [0.5, 0.6) is 5.75 Å². The fourth-order valence-corrected chi connectivity index (χ4v) is 4.83. The summed E-state index contributed by atoms with van der Waals surface area (Å²) in [4.78, 5) is 18.0. The molecule has 0 aliphatic carbocycles. The first kappa shape index (κ1) is 19.0. The van der Waals surface area contributed by atoms with Crippen molar-refractivity contribution in [3.8, 4) is 11.4 Å². The predicted molar refractivity (Wildman–Crippen MR) is 123 cm³/mol. The molecule has 0 unspecified atom stereocenters. The van der Waals surface area contributed by atoms with E-state index in [0.717, 1.165) is 22.0 Å². The molecule has 4 aromatic rings. The van der Waals surface area contributed by atoms with Crippen molar-refractivity contribution >= 4 is 40.0 Å². The van der Waals surface area contributed by atoms with E-state index < -0.39 is 0 Å². The molecule has 3 heterocycles. The van der Waals surface area contributed by atoms with E-state index in [1.165, 1.54) is 0 Å². The molecular formula is C24H17ClN2O2S. The third kappa shape index (κ3) is 3.40. The molecule has 0 spiro atoms. The molecule has 2 aromatic heterocycles. The van der Waals surface area contributed by atoms with Crippen molar-refractivity contribution in [2.24, 2.45) is 0 Å². The van der Waals surface area contributed by atoms with Crippen LogP contribution >= 0.6 is 23.4 Å². The Kier molecular flexibility index (Phi) is 5.07. The zero-order valence-corrected chi connectivity index (χ0v) is 17.5. The van der Waals surface area contributed by atoms with Gasteiger partial charge in [0.05, 0.1) is 16.0 Å². The molecule has 0 amide bonds. The highest BCUT2D eigenvalue weighted by Gasteiger charge is 2.24. The first-order chi connectivity index (χ1) is 14.7.